The van der Waals surface area contributed by atoms with E-state index in [1.807, 2.05) is 11.8 Å². The molecule has 1 amide bonds. The van der Waals surface area contributed by atoms with Gasteiger partial charge in [-0.15, -0.1) is 0 Å². The Hall–Kier alpha value is -1.49. The first-order valence-electron chi connectivity index (χ1n) is 6.85. The number of aromatic nitrogens is 1. The number of carbonyl (C=O) groups is 1. The Morgan fingerprint density at radius 2 is 2.26 bits per heavy atom. The Labute approximate surface area is 113 Å². The lowest BCUT2D eigenvalue weighted by Gasteiger charge is -2.34. The van der Waals surface area contributed by atoms with Gasteiger partial charge in [-0.25, -0.2) is 4.39 Å². The molecule has 19 heavy (non-hydrogen) atoms. The highest BCUT2D eigenvalue weighted by Gasteiger charge is 2.26. The maximum atomic E-state index is 13.7. The van der Waals surface area contributed by atoms with Crippen molar-refractivity contribution < 1.29 is 9.18 Å². The van der Waals surface area contributed by atoms with Crippen LogP contribution in [0.4, 0.5) is 4.39 Å². The molecule has 0 radical (unpaired) electrons. The second-order valence-electron chi connectivity index (χ2n) is 4.84. The molecule has 1 N–H and O–H groups in total. The van der Waals surface area contributed by atoms with Gasteiger partial charge in [0.25, 0.3) is 5.91 Å². The van der Waals surface area contributed by atoms with Crippen molar-refractivity contribution in [3.8, 4) is 0 Å². The minimum Gasteiger partial charge on any atom is -0.335 e. The van der Waals surface area contributed by atoms with Gasteiger partial charge in [-0.05, 0) is 38.4 Å². The zero-order valence-electron chi connectivity index (χ0n) is 11.2. The lowest BCUT2D eigenvalue weighted by Crippen LogP contribution is -2.46. The van der Waals surface area contributed by atoms with Gasteiger partial charge in [-0.1, -0.05) is 6.92 Å². The summed E-state index contributed by atoms with van der Waals surface area (Å²) in [6.45, 7) is 4.53. The average Bonchev–Trinajstić information content (AvgIpc) is 2.45. The topological polar surface area (TPSA) is 45.2 Å². The van der Waals surface area contributed by atoms with Crippen LogP contribution in [0.25, 0.3) is 0 Å². The molecule has 0 atom stereocenters. The van der Waals surface area contributed by atoms with E-state index in [0.29, 0.717) is 6.54 Å². The number of pyridine rings is 1. The van der Waals surface area contributed by atoms with Gasteiger partial charge in [-0.2, -0.15) is 0 Å². The third kappa shape index (κ3) is 3.29. The van der Waals surface area contributed by atoms with Crippen molar-refractivity contribution in [3.05, 3.63) is 29.8 Å². The normalized spacial score (nSPS) is 16.3. The van der Waals surface area contributed by atoms with Crippen LogP contribution in [0.3, 0.4) is 0 Å². The van der Waals surface area contributed by atoms with Crippen LogP contribution in [0, 0.1) is 5.82 Å². The first-order chi connectivity index (χ1) is 9.24. The Morgan fingerprint density at radius 3 is 2.89 bits per heavy atom. The minimum atomic E-state index is -0.539. The molecule has 4 nitrogen and oxygen atoms in total. The number of piperidine rings is 1. The molecule has 2 heterocycles. The molecular formula is C14H20FN3O. The molecule has 1 aromatic rings. The molecule has 5 heteroatoms. The Morgan fingerprint density at radius 1 is 1.53 bits per heavy atom. The quantitative estimate of drug-likeness (QED) is 0.903. The molecule has 1 aliphatic rings. The highest BCUT2D eigenvalue weighted by atomic mass is 19.1. The van der Waals surface area contributed by atoms with Gasteiger partial charge >= 0.3 is 0 Å². The molecular weight excluding hydrogens is 245 g/mol. The summed E-state index contributed by atoms with van der Waals surface area (Å²) >= 11 is 0. The monoisotopic (exact) mass is 265 g/mol. The van der Waals surface area contributed by atoms with Crippen molar-refractivity contribution in [1.29, 1.82) is 0 Å². The fourth-order valence-electron chi connectivity index (χ4n) is 2.51. The zero-order chi connectivity index (χ0) is 13.7. The maximum Gasteiger partial charge on any atom is 0.257 e. The summed E-state index contributed by atoms with van der Waals surface area (Å²) in [5.74, 6) is -0.754. The molecule has 1 aromatic heterocycles. The third-order valence-corrected chi connectivity index (χ3v) is 3.48. The van der Waals surface area contributed by atoms with Crippen molar-refractivity contribution in [2.75, 3.05) is 19.6 Å². The Balaban J connectivity index is 2.18. The van der Waals surface area contributed by atoms with E-state index >= 15 is 0 Å². The lowest BCUT2D eigenvalue weighted by molar-refractivity contribution is 0.0637. The summed E-state index contributed by atoms with van der Waals surface area (Å²) in [5, 5.41) is 3.28. The van der Waals surface area contributed by atoms with Gasteiger partial charge in [0, 0.05) is 18.8 Å². The molecule has 2 rings (SSSR count). The number of nitrogens with one attached hydrogen (secondary N) is 1. The summed E-state index contributed by atoms with van der Waals surface area (Å²) in [5.41, 5.74) is 0.127. The summed E-state index contributed by atoms with van der Waals surface area (Å²) < 4.78 is 13.7. The van der Waals surface area contributed by atoms with Crippen LogP contribution in [0.2, 0.25) is 0 Å². The van der Waals surface area contributed by atoms with Gasteiger partial charge in [0.15, 0.2) is 5.82 Å². The average molecular weight is 265 g/mol. The largest absolute Gasteiger partial charge is 0.335 e. The van der Waals surface area contributed by atoms with E-state index in [-0.39, 0.29) is 17.5 Å². The van der Waals surface area contributed by atoms with E-state index in [0.717, 1.165) is 38.5 Å². The summed E-state index contributed by atoms with van der Waals surface area (Å²) in [7, 11) is 0. The Bertz CT molecular complexity index is 432. The van der Waals surface area contributed by atoms with E-state index in [1.54, 1.807) is 0 Å². The fraction of sp³-hybridized carbons (Fsp3) is 0.571. The summed E-state index contributed by atoms with van der Waals surface area (Å²) in [6.07, 6.45) is 5.29. The van der Waals surface area contributed by atoms with Crippen molar-refractivity contribution in [1.82, 2.24) is 15.2 Å². The first kappa shape index (κ1) is 13.9. The molecule has 104 valence electrons. The van der Waals surface area contributed by atoms with Gasteiger partial charge in [0.2, 0.25) is 0 Å². The molecule has 0 spiro atoms. The lowest BCUT2D eigenvalue weighted by atomic mass is 10.0. The van der Waals surface area contributed by atoms with Crippen LogP contribution < -0.4 is 5.32 Å². The molecule has 1 fully saturated rings. The van der Waals surface area contributed by atoms with E-state index < -0.39 is 5.82 Å². The second-order valence-corrected chi connectivity index (χ2v) is 4.84. The van der Waals surface area contributed by atoms with E-state index in [9.17, 15) is 9.18 Å². The number of hydrogen-bond donors (Lipinski definition) is 1. The smallest absolute Gasteiger partial charge is 0.257 e. The van der Waals surface area contributed by atoms with Crippen LogP contribution in [0.15, 0.2) is 18.5 Å². The van der Waals surface area contributed by atoms with Crippen molar-refractivity contribution in [2.24, 2.45) is 0 Å². The molecule has 0 saturated carbocycles. The van der Waals surface area contributed by atoms with E-state index in [2.05, 4.69) is 10.3 Å². The number of nitrogens with zero attached hydrogens (tertiary/aromatic N) is 2. The predicted molar refractivity (Wildman–Crippen MR) is 71.4 cm³/mol. The minimum absolute atomic E-state index is 0.127. The number of amides is 1. The standard InChI is InChI=1S/C14H20FN3O/c1-2-9-18(11-3-6-16-7-4-11)14(19)12-5-8-17-10-13(12)15/h5,8,10-11,16H,2-4,6-7,9H2,1H3. The molecule has 0 aromatic carbocycles. The van der Waals surface area contributed by atoms with Crippen LogP contribution in [-0.4, -0.2) is 41.5 Å². The number of hydrogen-bond acceptors (Lipinski definition) is 3. The van der Waals surface area contributed by atoms with Crippen LogP contribution in [0.1, 0.15) is 36.5 Å². The van der Waals surface area contributed by atoms with Crippen LogP contribution in [0.5, 0.6) is 0 Å². The maximum absolute atomic E-state index is 13.7. The van der Waals surface area contributed by atoms with Crippen molar-refractivity contribution >= 4 is 5.91 Å². The highest BCUT2D eigenvalue weighted by Crippen LogP contribution is 2.17. The number of halogens is 1. The van der Waals surface area contributed by atoms with Gasteiger partial charge in [0.1, 0.15) is 0 Å². The van der Waals surface area contributed by atoms with Crippen molar-refractivity contribution in [3.63, 3.8) is 0 Å². The van der Waals surface area contributed by atoms with Crippen LogP contribution >= 0.6 is 0 Å². The highest BCUT2D eigenvalue weighted by molar-refractivity contribution is 5.94. The summed E-state index contributed by atoms with van der Waals surface area (Å²) in [4.78, 5) is 18.0. The fourth-order valence-corrected chi connectivity index (χ4v) is 2.51. The molecule has 0 bridgehead atoms. The Kier molecular flexibility index (Phi) is 4.85. The first-order valence-corrected chi connectivity index (χ1v) is 6.85. The second kappa shape index (κ2) is 6.61. The summed E-state index contributed by atoms with van der Waals surface area (Å²) in [6, 6.07) is 1.67. The van der Waals surface area contributed by atoms with E-state index in [1.165, 1.54) is 12.3 Å². The molecule has 1 saturated heterocycles. The van der Waals surface area contributed by atoms with Gasteiger partial charge in [0.05, 0.1) is 11.8 Å². The molecule has 0 unspecified atom stereocenters. The third-order valence-electron chi connectivity index (χ3n) is 3.48. The predicted octanol–water partition coefficient (Wildman–Crippen LogP) is 1.82. The SMILES string of the molecule is CCCN(C(=O)c1ccncc1F)C1CCNCC1. The number of rotatable bonds is 4. The van der Waals surface area contributed by atoms with Gasteiger partial charge in [-0.3, -0.25) is 9.78 Å². The van der Waals surface area contributed by atoms with Gasteiger partial charge < -0.3 is 10.2 Å². The number of carbonyl (C=O) groups excluding carboxylic acids is 1. The molecule has 1 aliphatic heterocycles. The van der Waals surface area contributed by atoms with E-state index in [4.69, 9.17) is 0 Å². The van der Waals surface area contributed by atoms with Crippen LogP contribution in [-0.2, 0) is 0 Å². The molecule has 0 aliphatic carbocycles. The zero-order valence-corrected chi connectivity index (χ0v) is 11.2. The van der Waals surface area contributed by atoms with Crippen molar-refractivity contribution in [2.45, 2.75) is 32.2 Å².